The van der Waals surface area contributed by atoms with E-state index in [9.17, 15) is 5.26 Å². The van der Waals surface area contributed by atoms with Gasteiger partial charge in [0.1, 0.15) is 0 Å². The second-order valence-electron chi connectivity index (χ2n) is 5.28. The summed E-state index contributed by atoms with van der Waals surface area (Å²) >= 11 is 6.22. The van der Waals surface area contributed by atoms with Crippen LogP contribution in [0.1, 0.15) is 16.7 Å². The van der Waals surface area contributed by atoms with E-state index in [-0.39, 0.29) is 5.41 Å². The van der Waals surface area contributed by atoms with Gasteiger partial charge in [-0.05, 0) is 42.0 Å². The van der Waals surface area contributed by atoms with Gasteiger partial charge in [0.05, 0.1) is 11.5 Å². The van der Waals surface area contributed by atoms with Gasteiger partial charge in [0.15, 0.2) is 0 Å². The van der Waals surface area contributed by atoms with Crippen LogP contribution in [0.2, 0.25) is 5.02 Å². The Morgan fingerprint density at radius 3 is 2.16 bits per heavy atom. The molecule has 1 nitrogen and oxygen atoms in total. The minimum absolute atomic E-state index is 0.339. The van der Waals surface area contributed by atoms with E-state index in [4.69, 9.17) is 11.6 Å². The third kappa shape index (κ3) is 2.25. The third-order valence-corrected chi connectivity index (χ3v) is 4.27. The van der Waals surface area contributed by atoms with Crippen molar-refractivity contribution < 1.29 is 0 Å². The molecule has 0 saturated carbocycles. The average Bonchev–Trinajstić information content (AvgIpc) is 2.80. The second-order valence-corrected chi connectivity index (χ2v) is 5.69. The summed E-state index contributed by atoms with van der Waals surface area (Å²) in [6, 6.07) is 18.7. The number of hydrogen-bond donors (Lipinski definition) is 0. The molecule has 19 heavy (non-hydrogen) atoms. The monoisotopic (exact) mass is 267 g/mol. The number of nitriles is 1. The zero-order valence-corrected chi connectivity index (χ0v) is 11.3. The highest BCUT2D eigenvalue weighted by molar-refractivity contribution is 6.31. The second kappa shape index (κ2) is 4.72. The van der Waals surface area contributed by atoms with Gasteiger partial charge in [0.2, 0.25) is 0 Å². The van der Waals surface area contributed by atoms with E-state index in [0.29, 0.717) is 0 Å². The van der Waals surface area contributed by atoms with Crippen LogP contribution in [0.3, 0.4) is 0 Å². The van der Waals surface area contributed by atoms with Gasteiger partial charge in [0.25, 0.3) is 0 Å². The molecule has 2 heteroatoms. The molecule has 0 atom stereocenters. The quantitative estimate of drug-likeness (QED) is 0.800. The summed E-state index contributed by atoms with van der Waals surface area (Å²) in [5.41, 5.74) is 3.33. The summed E-state index contributed by atoms with van der Waals surface area (Å²) in [6.07, 6.45) is 2.37. The first-order valence-corrected chi connectivity index (χ1v) is 6.82. The fourth-order valence-corrected chi connectivity index (χ4v) is 3.15. The molecule has 2 aromatic carbocycles. The average molecular weight is 268 g/mol. The fourth-order valence-electron chi connectivity index (χ4n) is 2.94. The number of nitrogens with zero attached hydrogens (tertiary/aromatic N) is 1. The molecular formula is C17H14ClN. The van der Waals surface area contributed by atoms with Gasteiger partial charge in [-0.25, -0.2) is 0 Å². The topological polar surface area (TPSA) is 23.8 Å². The van der Waals surface area contributed by atoms with Crippen LogP contribution in [0, 0.1) is 16.7 Å². The largest absolute Gasteiger partial charge is 0.198 e. The Balaban J connectivity index is 1.92. The number of benzene rings is 2. The molecule has 2 aromatic rings. The van der Waals surface area contributed by atoms with Crippen molar-refractivity contribution in [2.45, 2.75) is 19.3 Å². The number of fused-ring (bicyclic) bond motifs is 1. The zero-order valence-electron chi connectivity index (χ0n) is 10.6. The van der Waals surface area contributed by atoms with E-state index in [1.165, 1.54) is 11.1 Å². The van der Waals surface area contributed by atoms with Gasteiger partial charge in [-0.2, -0.15) is 5.26 Å². The lowest BCUT2D eigenvalue weighted by atomic mass is 9.80. The highest BCUT2D eigenvalue weighted by atomic mass is 35.5. The molecule has 0 spiro atoms. The van der Waals surface area contributed by atoms with E-state index in [1.807, 2.05) is 36.4 Å². The molecule has 0 radical (unpaired) electrons. The Hall–Kier alpha value is -1.78. The molecule has 0 heterocycles. The molecule has 0 bridgehead atoms. The molecule has 0 fully saturated rings. The van der Waals surface area contributed by atoms with Crippen LogP contribution in [-0.4, -0.2) is 0 Å². The minimum Gasteiger partial charge on any atom is -0.198 e. The predicted octanol–water partition coefficient (Wildman–Crippen LogP) is 4.19. The van der Waals surface area contributed by atoms with Gasteiger partial charge >= 0.3 is 0 Å². The lowest BCUT2D eigenvalue weighted by Gasteiger charge is -2.20. The number of hydrogen-bond acceptors (Lipinski definition) is 1. The summed E-state index contributed by atoms with van der Waals surface area (Å²) in [5.74, 6) is 0. The Morgan fingerprint density at radius 2 is 1.58 bits per heavy atom. The molecule has 0 saturated heterocycles. The molecule has 0 unspecified atom stereocenters. The minimum atomic E-state index is -0.339. The van der Waals surface area contributed by atoms with Crippen molar-refractivity contribution in [2.75, 3.05) is 0 Å². The lowest BCUT2D eigenvalue weighted by Crippen LogP contribution is -2.22. The van der Waals surface area contributed by atoms with Crippen molar-refractivity contribution in [1.82, 2.24) is 0 Å². The van der Waals surface area contributed by atoms with Crippen LogP contribution in [0.15, 0.2) is 48.5 Å². The van der Waals surface area contributed by atoms with Crippen molar-refractivity contribution in [3.63, 3.8) is 0 Å². The smallest absolute Gasteiger partial charge is 0.0700 e. The molecule has 0 aliphatic heterocycles. The van der Waals surface area contributed by atoms with Crippen LogP contribution >= 0.6 is 11.6 Å². The Bertz CT molecular complexity index is 629. The molecule has 0 N–H and O–H groups in total. The SMILES string of the molecule is N#CC1(Cc2ccccc2Cl)Cc2ccccc2C1. The summed E-state index contributed by atoms with van der Waals surface area (Å²) in [6.45, 7) is 0. The van der Waals surface area contributed by atoms with Gasteiger partial charge in [-0.1, -0.05) is 54.1 Å². The van der Waals surface area contributed by atoms with Crippen LogP contribution < -0.4 is 0 Å². The highest BCUT2D eigenvalue weighted by Gasteiger charge is 2.37. The zero-order chi connectivity index (χ0) is 13.3. The predicted molar refractivity (Wildman–Crippen MR) is 77.1 cm³/mol. The number of rotatable bonds is 2. The van der Waals surface area contributed by atoms with Crippen molar-refractivity contribution in [3.8, 4) is 6.07 Å². The van der Waals surface area contributed by atoms with Gasteiger partial charge in [-0.15, -0.1) is 0 Å². The van der Waals surface area contributed by atoms with Crippen LogP contribution in [0.4, 0.5) is 0 Å². The van der Waals surface area contributed by atoms with E-state index in [1.54, 1.807) is 0 Å². The maximum absolute atomic E-state index is 9.65. The summed E-state index contributed by atoms with van der Waals surface area (Å²) in [4.78, 5) is 0. The maximum atomic E-state index is 9.65. The Kier molecular flexibility index (Phi) is 3.05. The molecule has 0 amide bonds. The lowest BCUT2D eigenvalue weighted by molar-refractivity contribution is 0.418. The normalized spacial score (nSPS) is 15.8. The fraction of sp³-hybridized carbons (Fsp3) is 0.235. The van der Waals surface area contributed by atoms with Gasteiger partial charge < -0.3 is 0 Å². The third-order valence-electron chi connectivity index (χ3n) is 3.90. The van der Waals surface area contributed by atoms with Crippen molar-refractivity contribution in [3.05, 3.63) is 70.2 Å². The molecule has 1 aliphatic carbocycles. The van der Waals surface area contributed by atoms with Crippen LogP contribution in [0.5, 0.6) is 0 Å². The van der Waals surface area contributed by atoms with E-state index in [2.05, 4.69) is 18.2 Å². The standard InChI is InChI=1S/C17H14ClN/c18-16-8-4-3-7-15(16)11-17(12-19)9-13-5-1-2-6-14(13)10-17/h1-8H,9-11H2. The first-order chi connectivity index (χ1) is 9.22. The first kappa shape index (κ1) is 12.3. The van der Waals surface area contributed by atoms with Crippen molar-refractivity contribution >= 4 is 11.6 Å². The number of halogens is 1. The summed E-state index contributed by atoms with van der Waals surface area (Å²) < 4.78 is 0. The van der Waals surface area contributed by atoms with Gasteiger partial charge in [-0.3, -0.25) is 0 Å². The Labute approximate surface area is 118 Å². The van der Waals surface area contributed by atoms with Crippen LogP contribution in [-0.2, 0) is 19.3 Å². The summed E-state index contributed by atoms with van der Waals surface area (Å²) in [5, 5.41) is 10.4. The highest BCUT2D eigenvalue weighted by Crippen LogP contribution is 2.40. The molecular weight excluding hydrogens is 254 g/mol. The maximum Gasteiger partial charge on any atom is 0.0700 e. The van der Waals surface area contributed by atoms with E-state index < -0.39 is 0 Å². The van der Waals surface area contributed by atoms with Crippen LogP contribution in [0.25, 0.3) is 0 Å². The molecule has 0 aromatic heterocycles. The Morgan fingerprint density at radius 1 is 1.00 bits per heavy atom. The first-order valence-electron chi connectivity index (χ1n) is 6.44. The summed E-state index contributed by atoms with van der Waals surface area (Å²) in [7, 11) is 0. The van der Waals surface area contributed by atoms with E-state index in [0.717, 1.165) is 29.8 Å². The van der Waals surface area contributed by atoms with Gasteiger partial charge in [0, 0.05) is 5.02 Å². The molecule has 3 rings (SSSR count). The molecule has 94 valence electrons. The van der Waals surface area contributed by atoms with E-state index >= 15 is 0 Å². The molecule has 1 aliphatic rings. The van der Waals surface area contributed by atoms with Crippen molar-refractivity contribution in [2.24, 2.45) is 5.41 Å². The van der Waals surface area contributed by atoms with Crippen molar-refractivity contribution in [1.29, 1.82) is 5.26 Å².